The Morgan fingerprint density at radius 3 is 2.42 bits per heavy atom. The third-order valence-electron chi connectivity index (χ3n) is 3.33. The van der Waals surface area contributed by atoms with Gasteiger partial charge in [0.05, 0.1) is 24.7 Å². The zero-order chi connectivity index (χ0) is 18.9. The Morgan fingerprint density at radius 2 is 1.81 bits per heavy atom. The molecule has 0 saturated carbocycles. The molecule has 0 aliphatic carbocycles. The minimum Gasteiger partial charge on any atom is -0.493 e. The fraction of sp³-hybridized carbons (Fsp3) is 0.278. The van der Waals surface area contributed by atoms with Crippen molar-refractivity contribution in [2.45, 2.75) is 6.92 Å². The number of nitrogens with zero attached hydrogens (tertiary/aromatic N) is 1. The summed E-state index contributed by atoms with van der Waals surface area (Å²) in [5, 5.41) is 11.3. The molecule has 8 nitrogen and oxygen atoms in total. The summed E-state index contributed by atoms with van der Waals surface area (Å²) in [4.78, 5) is 22.8. The predicted molar refractivity (Wildman–Crippen MR) is 93.0 cm³/mol. The fourth-order valence-electron chi connectivity index (χ4n) is 2.18. The minimum absolute atomic E-state index is 0.0547. The van der Waals surface area contributed by atoms with Gasteiger partial charge in [0.25, 0.3) is 5.69 Å². The second-order valence-corrected chi connectivity index (χ2v) is 5.01. The molecule has 0 amide bonds. The first-order valence-electron chi connectivity index (χ1n) is 7.91. The van der Waals surface area contributed by atoms with E-state index in [0.717, 1.165) is 6.07 Å². The van der Waals surface area contributed by atoms with Gasteiger partial charge in [0.1, 0.15) is 24.5 Å². The van der Waals surface area contributed by atoms with Crippen molar-refractivity contribution in [3.8, 4) is 17.2 Å². The van der Waals surface area contributed by atoms with Gasteiger partial charge in [0.2, 0.25) is 0 Å². The molecule has 0 heterocycles. The van der Waals surface area contributed by atoms with Crippen LogP contribution in [0.2, 0.25) is 0 Å². The molecule has 0 radical (unpaired) electrons. The van der Waals surface area contributed by atoms with Crippen LogP contribution in [0.5, 0.6) is 17.2 Å². The van der Waals surface area contributed by atoms with Gasteiger partial charge in [0, 0.05) is 6.07 Å². The molecule has 2 aromatic rings. The first-order valence-corrected chi connectivity index (χ1v) is 7.91. The van der Waals surface area contributed by atoms with E-state index in [9.17, 15) is 14.9 Å². The molecule has 0 fully saturated rings. The maximum absolute atomic E-state index is 12.3. The molecule has 138 valence electrons. The van der Waals surface area contributed by atoms with Crippen molar-refractivity contribution in [1.82, 2.24) is 0 Å². The first-order chi connectivity index (χ1) is 12.6. The quantitative estimate of drug-likeness (QED) is 0.293. The van der Waals surface area contributed by atoms with Crippen molar-refractivity contribution in [2.24, 2.45) is 0 Å². The highest BCUT2D eigenvalue weighted by Gasteiger charge is 2.25. The lowest BCUT2D eigenvalue weighted by Gasteiger charge is -2.12. The van der Waals surface area contributed by atoms with Crippen molar-refractivity contribution >= 4 is 11.7 Å². The molecule has 8 heteroatoms. The normalized spacial score (nSPS) is 10.1. The van der Waals surface area contributed by atoms with Crippen molar-refractivity contribution in [2.75, 3.05) is 26.9 Å². The van der Waals surface area contributed by atoms with Gasteiger partial charge in [-0.05, 0) is 19.1 Å². The summed E-state index contributed by atoms with van der Waals surface area (Å²) in [6.07, 6.45) is 0. The molecule has 26 heavy (non-hydrogen) atoms. The van der Waals surface area contributed by atoms with Crippen molar-refractivity contribution < 1.29 is 28.7 Å². The molecule has 2 rings (SSSR count). The number of carbonyl (C=O) groups is 1. The number of hydrogen-bond acceptors (Lipinski definition) is 7. The van der Waals surface area contributed by atoms with Crippen LogP contribution in [0.15, 0.2) is 42.5 Å². The van der Waals surface area contributed by atoms with E-state index in [1.165, 1.54) is 13.2 Å². The lowest BCUT2D eigenvalue weighted by atomic mass is 10.1. The van der Waals surface area contributed by atoms with Crippen LogP contribution < -0.4 is 14.2 Å². The van der Waals surface area contributed by atoms with E-state index < -0.39 is 16.6 Å². The summed E-state index contributed by atoms with van der Waals surface area (Å²) in [5.41, 5.74) is -0.627. The van der Waals surface area contributed by atoms with Gasteiger partial charge in [-0.2, -0.15) is 0 Å². The molecule has 2 aromatic carbocycles. The predicted octanol–water partition coefficient (Wildman–Crippen LogP) is 3.24. The van der Waals surface area contributed by atoms with Crippen LogP contribution in [-0.4, -0.2) is 37.8 Å². The largest absolute Gasteiger partial charge is 0.493 e. The Bertz CT molecular complexity index is 762. The Hall–Kier alpha value is -3.29. The highest BCUT2D eigenvalue weighted by Crippen LogP contribution is 2.35. The van der Waals surface area contributed by atoms with Gasteiger partial charge in [-0.3, -0.25) is 10.1 Å². The molecule has 0 bridgehead atoms. The second-order valence-electron chi connectivity index (χ2n) is 5.01. The number of methoxy groups -OCH3 is 1. The number of para-hydroxylation sites is 1. The third kappa shape index (κ3) is 4.85. The summed E-state index contributed by atoms with van der Waals surface area (Å²) in [6, 6.07) is 11.4. The molecule has 0 spiro atoms. The highest BCUT2D eigenvalue weighted by atomic mass is 16.6. The van der Waals surface area contributed by atoms with Crippen LogP contribution in [0.4, 0.5) is 5.69 Å². The number of hydrogen-bond donors (Lipinski definition) is 0. The molecule has 0 unspecified atom stereocenters. The van der Waals surface area contributed by atoms with Crippen LogP contribution in [0.3, 0.4) is 0 Å². The summed E-state index contributed by atoms with van der Waals surface area (Å²) >= 11 is 0. The molecule has 0 atom stereocenters. The maximum atomic E-state index is 12.3. The van der Waals surface area contributed by atoms with Gasteiger partial charge in [-0.1, -0.05) is 18.2 Å². The number of carbonyl (C=O) groups excluding carboxylic acids is 1. The smallest absolute Gasteiger partial charge is 0.345 e. The number of ether oxygens (including phenoxy) is 4. The third-order valence-corrected chi connectivity index (χ3v) is 3.33. The molecule has 0 aliphatic heterocycles. The summed E-state index contributed by atoms with van der Waals surface area (Å²) in [6.45, 7) is 2.13. The molecular formula is C18H19NO7. The zero-order valence-corrected chi connectivity index (χ0v) is 14.5. The molecule has 0 aliphatic rings. The Balaban J connectivity index is 2.08. The van der Waals surface area contributed by atoms with Gasteiger partial charge >= 0.3 is 5.97 Å². The Morgan fingerprint density at radius 1 is 1.08 bits per heavy atom. The highest BCUT2D eigenvalue weighted by molar-refractivity contribution is 5.95. The minimum atomic E-state index is -0.836. The zero-order valence-electron chi connectivity index (χ0n) is 14.5. The summed E-state index contributed by atoms with van der Waals surface area (Å²) in [7, 11) is 1.36. The average Bonchev–Trinajstić information content (AvgIpc) is 2.65. The average molecular weight is 361 g/mol. The fourth-order valence-corrected chi connectivity index (χ4v) is 2.18. The van der Waals surface area contributed by atoms with Crippen molar-refractivity contribution in [3.63, 3.8) is 0 Å². The number of nitro groups is 1. The summed E-state index contributed by atoms with van der Waals surface area (Å²) in [5.74, 6) is 0.199. The van der Waals surface area contributed by atoms with E-state index in [2.05, 4.69) is 0 Å². The standard InChI is InChI=1S/C18H19NO7/c1-3-24-17-11-14(15(19(21)22)12-16(17)23-2)18(20)26-10-9-25-13-7-5-4-6-8-13/h4-8,11-12H,3,9-10H2,1-2H3. The van der Waals surface area contributed by atoms with Gasteiger partial charge in [-0.15, -0.1) is 0 Å². The Labute approximate surface area is 150 Å². The van der Waals surface area contributed by atoms with Crippen LogP contribution >= 0.6 is 0 Å². The molecular weight excluding hydrogens is 342 g/mol. The van der Waals surface area contributed by atoms with E-state index in [-0.39, 0.29) is 30.3 Å². The van der Waals surface area contributed by atoms with Crippen molar-refractivity contribution in [3.05, 3.63) is 58.1 Å². The van der Waals surface area contributed by atoms with Gasteiger partial charge in [0.15, 0.2) is 11.5 Å². The second kappa shape index (κ2) is 9.26. The first kappa shape index (κ1) is 19.0. The lowest BCUT2D eigenvalue weighted by molar-refractivity contribution is -0.385. The maximum Gasteiger partial charge on any atom is 0.345 e. The topological polar surface area (TPSA) is 97.1 Å². The number of esters is 1. The van der Waals surface area contributed by atoms with E-state index in [0.29, 0.717) is 12.4 Å². The molecule has 0 saturated heterocycles. The molecule has 0 aromatic heterocycles. The number of rotatable bonds is 9. The van der Waals surface area contributed by atoms with Crippen molar-refractivity contribution in [1.29, 1.82) is 0 Å². The van der Waals surface area contributed by atoms with Crippen LogP contribution in [-0.2, 0) is 4.74 Å². The van der Waals surface area contributed by atoms with Crippen LogP contribution in [0, 0.1) is 10.1 Å². The number of nitro benzene ring substituents is 1. The van der Waals surface area contributed by atoms with E-state index >= 15 is 0 Å². The Kier molecular flexibility index (Phi) is 6.78. The van der Waals surface area contributed by atoms with E-state index in [4.69, 9.17) is 18.9 Å². The van der Waals surface area contributed by atoms with Crippen LogP contribution in [0.25, 0.3) is 0 Å². The lowest BCUT2D eigenvalue weighted by Crippen LogP contribution is -2.14. The van der Waals surface area contributed by atoms with E-state index in [1.807, 2.05) is 18.2 Å². The van der Waals surface area contributed by atoms with Gasteiger partial charge < -0.3 is 18.9 Å². The SMILES string of the molecule is CCOc1cc(C(=O)OCCOc2ccccc2)c([N+](=O)[O-])cc1OC. The van der Waals surface area contributed by atoms with Gasteiger partial charge in [-0.25, -0.2) is 4.79 Å². The van der Waals surface area contributed by atoms with Crippen LogP contribution in [0.1, 0.15) is 17.3 Å². The number of benzene rings is 2. The van der Waals surface area contributed by atoms with E-state index in [1.54, 1.807) is 19.1 Å². The monoisotopic (exact) mass is 361 g/mol. The molecule has 0 N–H and O–H groups in total. The summed E-state index contributed by atoms with van der Waals surface area (Å²) < 4.78 is 20.9.